The van der Waals surface area contributed by atoms with Gasteiger partial charge in [-0.2, -0.15) is 0 Å². The lowest BCUT2D eigenvalue weighted by atomic mass is 9.92. The minimum absolute atomic E-state index is 0.0119. The van der Waals surface area contributed by atoms with E-state index in [0.717, 1.165) is 0 Å². The predicted octanol–water partition coefficient (Wildman–Crippen LogP) is -0.242. The molecule has 24 heavy (non-hydrogen) atoms. The second kappa shape index (κ2) is 11.2. The van der Waals surface area contributed by atoms with Crippen molar-refractivity contribution in [2.45, 2.75) is 33.1 Å². The minimum Gasteiger partial charge on any atom is -0.369 e. The quantitative estimate of drug-likeness (QED) is 0.315. The standard InChI is InChI=1S/C14H26ClN3O5S/c1-3-11(13(16)20)8-10(2)14(21)18-9-17-12(19)4-6-24(22,23)7-5-15/h10-11H,3-9H2,1-2H3,(H2,16,20)(H,17,19)(H,18,21). The molecule has 0 aromatic heterocycles. The third kappa shape index (κ3) is 9.71. The summed E-state index contributed by atoms with van der Waals surface area (Å²) in [6.45, 7) is 3.38. The molecule has 0 fully saturated rings. The van der Waals surface area contributed by atoms with Crippen molar-refractivity contribution < 1.29 is 22.8 Å². The van der Waals surface area contributed by atoms with Crippen molar-refractivity contribution in [2.24, 2.45) is 17.6 Å². The normalized spacial score (nSPS) is 13.8. The number of alkyl halides is 1. The fraction of sp³-hybridized carbons (Fsp3) is 0.786. The first-order valence-corrected chi connectivity index (χ1v) is 10.1. The fourth-order valence-electron chi connectivity index (χ4n) is 1.98. The fourth-order valence-corrected chi connectivity index (χ4v) is 3.62. The first-order valence-electron chi connectivity index (χ1n) is 7.73. The number of halogens is 1. The average Bonchev–Trinajstić information content (AvgIpc) is 2.49. The summed E-state index contributed by atoms with van der Waals surface area (Å²) in [5.41, 5.74) is 5.24. The van der Waals surface area contributed by atoms with Gasteiger partial charge in [-0.15, -0.1) is 11.6 Å². The Bertz CT molecular complexity index is 539. The van der Waals surface area contributed by atoms with Crippen LogP contribution in [0.2, 0.25) is 0 Å². The van der Waals surface area contributed by atoms with Crippen LogP contribution >= 0.6 is 11.6 Å². The molecule has 0 rings (SSSR count). The molecule has 0 saturated heterocycles. The minimum atomic E-state index is -3.33. The number of rotatable bonds is 12. The number of primary amides is 1. The molecule has 0 aromatic carbocycles. The Kier molecular flexibility index (Phi) is 10.6. The van der Waals surface area contributed by atoms with Crippen molar-refractivity contribution in [2.75, 3.05) is 24.1 Å². The van der Waals surface area contributed by atoms with E-state index in [1.165, 1.54) is 0 Å². The molecule has 2 unspecified atom stereocenters. The van der Waals surface area contributed by atoms with Crippen LogP contribution in [0.4, 0.5) is 0 Å². The van der Waals surface area contributed by atoms with Crippen LogP contribution in [0, 0.1) is 11.8 Å². The SMILES string of the molecule is CCC(CC(C)C(=O)NCNC(=O)CCS(=O)(=O)CCCl)C(N)=O. The van der Waals surface area contributed by atoms with Crippen molar-refractivity contribution in [3.05, 3.63) is 0 Å². The molecular weight excluding hydrogens is 358 g/mol. The van der Waals surface area contributed by atoms with Crippen LogP contribution < -0.4 is 16.4 Å². The van der Waals surface area contributed by atoms with Gasteiger partial charge in [0.2, 0.25) is 17.7 Å². The summed E-state index contributed by atoms with van der Waals surface area (Å²) < 4.78 is 22.8. The van der Waals surface area contributed by atoms with Gasteiger partial charge >= 0.3 is 0 Å². The van der Waals surface area contributed by atoms with Crippen LogP contribution in [0.5, 0.6) is 0 Å². The van der Waals surface area contributed by atoms with Crippen molar-refractivity contribution in [3.8, 4) is 0 Å². The zero-order chi connectivity index (χ0) is 18.8. The smallest absolute Gasteiger partial charge is 0.224 e. The van der Waals surface area contributed by atoms with E-state index in [2.05, 4.69) is 10.6 Å². The highest BCUT2D eigenvalue weighted by Gasteiger charge is 2.21. The molecule has 10 heteroatoms. The lowest BCUT2D eigenvalue weighted by Crippen LogP contribution is -2.40. The second-order valence-corrected chi connectivity index (χ2v) is 8.23. The molecule has 0 aliphatic rings. The third-order valence-corrected chi connectivity index (χ3v) is 5.62. The Hall–Kier alpha value is -1.35. The summed E-state index contributed by atoms with van der Waals surface area (Å²) in [6.07, 6.45) is 0.701. The summed E-state index contributed by atoms with van der Waals surface area (Å²) in [6, 6.07) is 0. The Morgan fingerprint density at radius 2 is 1.79 bits per heavy atom. The number of amides is 3. The van der Waals surface area contributed by atoms with Gasteiger partial charge in [0.1, 0.15) is 0 Å². The summed E-state index contributed by atoms with van der Waals surface area (Å²) in [5.74, 6) is -2.50. The zero-order valence-electron chi connectivity index (χ0n) is 14.0. The topological polar surface area (TPSA) is 135 Å². The highest BCUT2D eigenvalue weighted by Crippen LogP contribution is 2.15. The lowest BCUT2D eigenvalue weighted by molar-refractivity contribution is -0.126. The van der Waals surface area contributed by atoms with Gasteiger partial charge in [-0.05, 0) is 12.8 Å². The van der Waals surface area contributed by atoms with Gasteiger partial charge in [0.05, 0.1) is 18.2 Å². The van der Waals surface area contributed by atoms with E-state index in [1.54, 1.807) is 6.92 Å². The molecule has 0 heterocycles. The molecule has 140 valence electrons. The van der Waals surface area contributed by atoms with Crippen LogP contribution in [0.1, 0.15) is 33.1 Å². The van der Waals surface area contributed by atoms with Crippen molar-refractivity contribution >= 4 is 39.2 Å². The number of carbonyl (C=O) groups excluding carboxylic acids is 3. The maximum absolute atomic E-state index is 11.9. The van der Waals surface area contributed by atoms with Gasteiger partial charge in [0, 0.05) is 24.1 Å². The first-order chi connectivity index (χ1) is 11.1. The average molecular weight is 384 g/mol. The summed E-state index contributed by atoms with van der Waals surface area (Å²) in [7, 11) is -3.33. The Labute approximate surface area is 147 Å². The van der Waals surface area contributed by atoms with E-state index >= 15 is 0 Å². The van der Waals surface area contributed by atoms with Crippen LogP contribution in [-0.2, 0) is 24.2 Å². The van der Waals surface area contributed by atoms with Gasteiger partial charge in [-0.1, -0.05) is 13.8 Å². The Balaban J connectivity index is 4.11. The van der Waals surface area contributed by atoms with Gasteiger partial charge in [-0.3, -0.25) is 14.4 Å². The van der Waals surface area contributed by atoms with E-state index in [4.69, 9.17) is 17.3 Å². The molecule has 0 radical (unpaired) electrons. The van der Waals surface area contributed by atoms with Crippen LogP contribution in [-0.4, -0.2) is 50.2 Å². The van der Waals surface area contributed by atoms with Gasteiger partial charge in [0.15, 0.2) is 9.84 Å². The highest BCUT2D eigenvalue weighted by molar-refractivity contribution is 7.91. The van der Waals surface area contributed by atoms with E-state index in [1.807, 2.05) is 6.92 Å². The molecular formula is C14H26ClN3O5S. The number of nitrogens with two attached hydrogens (primary N) is 1. The van der Waals surface area contributed by atoms with Crippen molar-refractivity contribution in [1.82, 2.24) is 10.6 Å². The monoisotopic (exact) mass is 383 g/mol. The largest absolute Gasteiger partial charge is 0.369 e. The number of carbonyl (C=O) groups is 3. The van der Waals surface area contributed by atoms with E-state index in [-0.39, 0.29) is 42.3 Å². The molecule has 0 aliphatic heterocycles. The summed E-state index contributed by atoms with van der Waals surface area (Å²) >= 11 is 5.36. The molecule has 8 nitrogen and oxygen atoms in total. The van der Waals surface area contributed by atoms with Gasteiger partial charge < -0.3 is 16.4 Å². The van der Waals surface area contributed by atoms with Crippen LogP contribution in [0.25, 0.3) is 0 Å². The number of sulfone groups is 1. The van der Waals surface area contributed by atoms with E-state index in [9.17, 15) is 22.8 Å². The molecule has 2 atom stereocenters. The Morgan fingerprint density at radius 3 is 2.29 bits per heavy atom. The van der Waals surface area contributed by atoms with Crippen LogP contribution in [0.3, 0.4) is 0 Å². The van der Waals surface area contributed by atoms with Crippen LogP contribution in [0.15, 0.2) is 0 Å². The number of hydrogen-bond acceptors (Lipinski definition) is 5. The molecule has 0 aromatic rings. The van der Waals surface area contributed by atoms with Gasteiger partial charge in [-0.25, -0.2) is 8.42 Å². The second-order valence-electron chi connectivity index (χ2n) is 5.55. The maximum atomic E-state index is 11.9. The van der Waals surface area contributed by atoms with E-state index < -0.39 is 27.6 Å². The molecule has 0 spiro atoms. The third-order valence-electron chi connectivity index (χ3n) is 3.56. The van der Waals surface area contributed by atoms with E-state index in [0.29, 0.717) is 12.8 Å². The highest BCUT2D eigenvalue weighted by atomic mass is 35.5. The molecule has 0 aliphatic carbocycles. The molecule has 4 N–H and O–H groups in total. The molecule has 3 amide bonds. The molecule has 0 bridgehead atoms. The summed E-state index contributed by atoms with van der Waals surface area (Å²) in [4.78, 5) is 34.6. The summed E-state index contributed by atoms with van der Waals surface area (Å²) in [5, 5.41) is 4.92. The number of hydrogen-bond donors (Lipinski definition) is 3. The van der Waals surface area contributed by atoms with Crippen molar-refractivity contribution in [1.29, 1.82) is 0 Å². The molecule has 0 saturated carbocycles. The maximum Gasteiger partial charge on any atom is 0.224 e. The lowest BCUT2D eigenvalue weighted by Gasteiger charge is -2.17. The number of nitrogens with one attached hydrogen (secondary N) is 2. The Morgan fingerprint density at radius 1 is 1.17 bits per heavy atom. The predicted molar refractivity (Wildman–Crippen MR) is 91.9 cm³/mol. The first kappa shape index (κ1) is 22.6. The van der Waals surface area contributed by atoms with Gasteiger partial charge in [0.25, 0.3) is 0 Å². The zero-order valence-corrected chi connectivity index (χ0v) is 15.6. The van der Waals surface area contributed by atoms with Crippen molar-refractivity contribution in [3.63, 3.8) is 0 Å².